The van der Waals surface area contributed by atoms with E-state index in [9.17, 15) is 4.79 Å². The number of likely N-dealkylation sites (tertiary alicyclic amines) is 1. The van der Waals surface area contributed by atoms with Gasteiger partial charge in [0, 0.05) is 19.3 Å². The Hall–Kier alpha value is -2.03. The molecule has 1 aliphatic rings. The molecule has 2 aromatic carbocycles. The first-order chi connectivity index (χ1) is 8.74. The van der Waals surface area contributed by atoms with Crippen LogP contribution in [-0.2, 0) is 4.79 Å². The van der Waals surface area contributed by atoms with Gasteiger partial charge in [0.2, 0.25) is 5.91 Å². The van der Waals surface area contributed by atoms with Crippen LogP contribution in [0.2, 0.25) is 0 Å². The maximum atomic E-state index is 11.8. The number of fused-ring (bicyclic) bond motifs is 1. The van der Waals surface area contributed by atoms with E-state index < -0.39 is 0 Å². The van der Waals surface area contributed by atoms with Gasteiger partial charge in [-0.25, -0.2) is 0 Å². The normalized spacial score (nSPS) is 19.5. The summed E-state index contributed by atoms with van der Waals surface area (Å²) in [7, 11) is 1.85. The van der Waals surface area contributed by atoms with Crippen LogP contribution in [0.4, 0.5) is 5.69 Å². The molecule has 2 aromatic rings. The average molecular weight is 240 g/mol. The number of nitrogens with one attached hydrogen (secondary N) is 1. The summed E-state index contributed by atoms with van der Waals surface area (Å²) in [4.78, 5) is 13.6. The summed E-state index contributed by atoms with van der Waals surface area (Å²) in [6.45, 7) is 0.837. The molecular weight excluding hydrogens is 224 g/mol. The molecule has 3 heteroatoms. The largest absolute Gasteiger partial charge is 0.374 e. The minimum absolute atomic E-state index is 0.0730. The van der Waals surface area contributed by atoms with Crippen molar-refractivity contribution >= 4 is 22.4 Å². The van der Waals surface area contributed by atoms with Crippen molar-refractivity contribution in [3.8, 4) is 0 Å². The topological polar surface area (TPSA) is 32.3 Å². The number of hydrogen-bond acceptors (Lipinski definition) is 2. The molecule has 1 atom stereocenters. The van der Waals surface area contributed by atoms with Gasteiger partial charge in [0.15, 0.2) is 0 Å². The zero-order valence-corrected chi connectivity index (χ0v) is 10.4. The maximum Gasteiger partial charge on any atom is 0.244 e. The number of anilines is 1. The zero-order valence-electron chi connectivity index (χ0n) is 10.4. The molecule has 0 bridgehead atoms. The van der Waals surface area contributed by atoms with Crippen LogP contribution >= 0.6 is 0 Å². The smallest absolute Gasteiger partial charge is 0.244 e. The highest BCUT2D eigenvalue weighted by Crippen LogP contribution is 2.21. The van der Waals surface area contributed by atoms with E-state index in [4.69, 9.17) is 0 Å². The van der Waals surface area contributed by atoms with Gasteiger partial charge in [0.25, 0.3) is 0 Å². The molecule has 1 fully saturated rings. The fourth-order valence-corrected chi connectivity index (χ4v) is 2.44. The Labute approximate surface area is 106 Å². The van der Waals surface area contributed by atoms with Crippen LogP contribution < -0.4 is 5.32 Å². The first-order valence-electron chi connectivity index (χ1n) is 6.24. The first-order valence-corrected chi connectivity index (χ1v) is 6.24. The summed E-state index contributed by atoms with van der Waals surface area (Å²) in [5.41, 5.74) is 1.02. The molecule has 0 radical (unpaired) electrons. The van der Waals surface area contributed by atoms with Crippen LogP contribution in [0.15, 0.2) is 42.5 Å². The van der Waals surface area contributed by atoms with E-state index in [0.717, 1.165) is 18.7 Å². The number of carbonyl (C=O) groups excluding carboxylic acids is 1. The van der Waals surface area contributed by atoms with Crippen LogP contribution in [0.3, 0.4) is 0 Å². The van der Waals surface area contributed by atoms with Crippen molar-refractivity contribution in [3.63, 3.8) is 0 Å². The predicted molar refractivity (Wildman–Crippen MR) is 73.6 cm³/mol. The number of benzene rings is 2. The Morgan fingerprint density at radius 3 is 2.67 bits per heavy atom. The molecule has 1 unspecified atom stereocenters. The highest BCUT2D eigenvalue weighted by atomic mass is 16.2. The van der Waals surface area contributed by atoms with E-state index in [2.05, 4.69) is 29.6 Å². The first kappa shape index (κ1) is 11.1. The van der Waals surface area contributed by atoms with Gasteiger partial charge in [0.1, 0.15) is 6.04 Å². The lowest BCUT2D eigenvalue weighted by Gasteiger charge is -2.14. The molecule has 1 N–H and O–H groups in total. The second-order valence-electron chi connectivity index (χ2n) is 4.81. The van der Waals surface area contributed by atoms with E-state index in [1.807, 2.05) is 25.2 Å². The Bertz CT molecular complexity index is 594. The lowest BCUT2D eigenvalue weighted by atomic mass is 10.1. The summed E-state index contributed by atoms with van der Waals surface area (Å²) in [5, 5.41) is 5.74. The van der Waals surface area contributed by atoms with Crippen LogP contribution in [0.5, 0.6) is 0 Å². The van der Waals surface area contributed by atoms with Gasteiger partial charge in [-0.3, -0.25) is 4.79 Å². The van der Waals surface area contributed by atoms with Crippen LogP contribution in [0.25, 0.3) is 10.8 Å². The van der Waals surface area contributed by atoms with E-state index >= 15 is 0 Å². The molecule has 92 valence electrons. The number of carbonyl (C=O) groups is 1. The number of amides is 1. The van der Waals surface area contributed by atoms with Crippen molar-refractivity contribution in [1.82, 2.24) is 4.90 Å². The van der Waals surface area contributed by atoms with Gasteiger partial charge >= 0.3 is 0 Å². The molecule has 1 amide bonds. The molecule has 3 rings (SSSR count). The second kappa shape index (κ2) is 4.33. The summed E-state index contributed by atoms with van der Waals surface area (Å²) >= 11 is 0. The predicted octanol–water partition coefficient (Wildman–Crippen LogP) is 2.48. The van der Waals surface area contributed by atoms with Gasteiger partial charge in [-0.2, -0.15) is 0 Å². The Balaban J connectivity index is 1.85. The fraction of sp³-hybridized carbons (Fsp3) is 0.267. The highest BCUT2D eigenvalue weighted by molar-refractivity contribution is 5.89. The molecule has 1 aliphatic heterocycles. The molecule has 1 saturated heterocycles. The maximum absolute atomic E-state index is 11.8. The SMILES string of the molecule is CN1CCC(Nc2ccc3ccccc3c2)C1=O. The minimum Gasteiger partial charge on any atom is -0.374 e. The van der Waals surface area contributed by atoms with Crippen LogP contribution in [0, 0.1) is 0 Å². The highest BCUT2D eigenvalue weighted by Gasteiger charge is 2.28. The van der Waals surface area contributed by atoms with Crippen molar-refractivity contribution in [3.05, 3.63) is 42.5 Å². The third kappa shape index (κ3) is 1.92. The van der Waals surface area contributed by atoms with Crippen molar-refractivity contribution in [2.24, 2.45) is 0 Å². The molecule has 0 saturated carbocycles. The summed E-state index contributed by atoms with van der Waals surface area (Å²) < 4.78 is 0. The van der Waals surface area contributed by atoms with Gasteiger partial charge in [-0.15, -0.1) is 0 Å². The van der Waals surface area contributed by atoms with Gasteiger partial charge < -0.3 is 10.2 Å². The Kier molecular flexibility index (Phi) is 2.67. The lowest BCUT2D eigenvalue weighted by molar-refractivity contribution is -0.127. The number of hydrogen-bond donors (Lipinski definition) is 1. The zero-order chi connectivity index (χ0) is 12.5. The van der Waals surface area contributed by atoms with E-state index in [1.54, 1.807) is 4.90 Å². The quantitative estimate of drug-likeness (QED) is 0.874. The van der Waals surface area contributed by atoms with E-state index in [1.165, 1.54) is 10.8 Å². The van der Waals surface area contributed by atoms with Crippen molar-refractivity contribution in [1.29, 1.82) is 0 Å². The molecule has 3 nitrogen and oxygen atoms in total. The summed E-state index contributed by atoms with van der Waals surface area (Å²) in [6, 6.07) is 14.4. The second-order valence-corrected chi connectivity index (χ2v) is 4.81. The molecule has 0 aromatic heterocycles. The van der Waals surface area contributed by atoms with E-state index in [0.29, 0.717) is 0 Å². The van der Waals surface area contributed by atoms with E-state index in [-0.39, 0.29) is 11.9 Å². The summed E-state index contributed by atoms with van der Waals surface area (Å²) in [6.07, 6.45) is 0.877. The molecule has 0 spiro atoms. The number of nitrogens with zero attached hydrogens (tertiary/aromatic N) is 1. The molecule has 18 heavy (non-hydrogen) atoms. The third-order valence-electron chi connectivity index (χ3n) is 3.52. The van der Waals surface area contributed by atoms with Crippen molar-refractivity contribution in [2.45, 2.75) is 12.5 Å². The van der Waals surface area contributed by atoms with Crippen LogP contribution in [-0.4, -0.2) is 30.4 Å². The number of likely N-dealkylation sites (N-methyl/N-ethyl adjacent to an activating group) is 1. The molecular formula is C15H16N2O. The fourth-order valence-electron chi connectivity index (χ4n) is 2.44. The van der Waals surface area contributed by atoms with Gasteiger partial charge in [-0.05, 0) is 29.3 Å². The van der Waals surface area contributed by atoms with Crippen molar-refractivity contribution < 1.29 is 4.79 Å². The average Bonchev–Trinajstić information content (AvgIpc) is 2.71. The Morgan fingerprint density at radius 1 is 1.17 bits per heavy atom. The van der Waals surface area contributed by atoms with Gasteiger partial charge in [-0.1, -0.05) is 30.3 Å². The minimum atomic E-state index is -0.0730. The Morgan fingerprint density at radius 2 is 1.94 bits per heavy atom. The monoisotopic (exact) mass is 240 g/mol. The third-order valence-corrected chi connectivity index (χ3v) is 3.52. The lowest BCUT2D eigenvalue weighted by Crippen LogP contribution is -2.30. The van der Waals surface area contributed by atoms with Gasteiger partial charge in [0.05, 0.1) is 0 Å². The van der Waals surface area contributed by atoms with Crippen LogP contribution in [0.1, 0.15) is 6.42 Å². The molecule has 0 aliphatic carbocycles. The van der Waals surface area contributed by atoms with Crippen molar-refractivity contribution in [2.75, 3.05) is 18.9 Å². The summed E-state index contributed by atoms with van der Waals surface area (Å²) in [5.74, 6) is 0.183. The standard InChI is InChI=1S/C15H16N2O/c1-17-9-8-14(15(17)18)16-13-7-6-11-4-2-3-5-12(11)10-13/h2-7,10,14,16H,8-9H2,1H3. The number of rotatable bonds is 2. The molecule has 1 heterocycles.